The predicted molar refractivity (Wildman–Crippen MR) is 48.1 cm³/mol. The van der Waals surface area contributed by atoms with Gasteiger partial charge in [0, 0.05) is 12.3 Å². The highest BCUT2D eigenvalue weighted by Crippen LogP contribution is 2.21. The number of rotatable bonds is 1. The molecule has 0 aliphatic carbocycles. The Labute approximate surface area is 77.1 Å². The lowest BCUT2D eigenvalue weighted by molar-refractivity contribution is 0.601. The van der Waals surface area contributed by atoms with Crippen LogP contribution in [0.5, 0.6) is 0 Å². The highest BCUT2D eigenvalue weighted by molar-refractivity contribution is 7.90. The second-order valence-electron chi connectivity index (χ2n) is 2.55. The van der Waals surface area contributed by atoms with E-state index in [1.54, 1.807) is 6.92 Å². The standard InChI is InChI=1S/C8H8ClO2S/c1-6-7(9)4-3-5-8(6)12(2,10)11/h3,5H,1-2H3. The molecule has 0 atom stereocenters. The van der Waals surface area contributed by atoms with E-state index in [1.165, 1.54) is 12.1 Å². The molecular formula is C8H8ClO2S. The van der Waals surface area contributed by atoms with Gasteiger partial charge in [-0.3, -0.25) is 0 Å². The molecule has 0 unspecified atom stereocenters. The van der Waals surface area contributed by atoms with Crippen LogP contribution in [0.1, 0.15) is 5.56 Å². The molecule has 0 fully saturated rings. The molecule has 0 saturated carbocycles. The van der Waals surface area contributed by atoms with Crippen LogP contribution in [0.2, 0.25) is 5.02 Å². The molecule has 2 nitrogen and oxygen atoms in total. The van der Waals surface area contributed by atoms with Crippen LogP contribution in [-0.2, 0) is 9.84 Å². The van der Waals surface area contributed by atoms with Crippen molar-refractivity contribution in [2.24, 2.45) is 0 Å². The van der Waals surface area contributed by atoms with Gasteiger partial charge in [0.05, 0.1) is 9.92 Å². The summed E-state index contributed by atoms with van der Waals surface area (Å²) in [6.07, 6.45) is 1.16. The van der Waals surface area contributed by atoms with Crippen LogP contribution in [0.4, 0.5) is 0 Å². The summed E-state index contributed by atoms with van der Waals surface area (Å²) in [6, 6.07) is 5.72. The zero-order valence-corrected chi connectivity index (χ0v) is 8.33. The molecule has 0 aromatic heterocycles. The fraction of sp³-hybridized carbons (Fsp3) is 0.250. The van der Waals surface area contributed by atoms with Gasteiger partial charge in [0.25, 0.3) is 0 Å². The topological polar surface area (TPSA) is 34.1 Å². The van der Waals surface area contributed by atoms with Crippen molar-refractivity contribution < 1.29 is 8.42 Å². The van der Waals surface area contributed by atoms with Crippen molar-refractivity contribution in [3.63, 3.8) is 0 Å². The van der Waals surface area contributed by atoms with E-state index in [0.29, 0.717) is 10.6 Å². The van der Waals surface area contributed by atoms with Crippen LogP contribution in [0.3, 0.4) is 0 Å². The van der Waals surface area contributed by atoms with Crippen LogP contribution < -0.4 is 0 Å². The van der Waals surface area contributed by atoms with E-state index in [0.717, 1.165) is 6.26 Å². The smallest absolute Gasteiger partial charge is 0.175 e. The van der Waals surface area contributed by atoms with Crippen molar-refractivity contribution in [3.8, 4) is 0 Å². The summed E-state index contributed by atoms with van der Waals surface area (Å²) in [5.41, 5.74) is 0.557. The average molecular weight is 204 g/mol. The summed E-state index contributed by atoms with van der Waals surface area (Å²) >= 11 is 5.70. The van der Waals surface area contributed by atoms with E-state index in [1.807, 2.05) is 0 Å². The average Bonchev–Trinajstić information content (AvgIpc) is 1.92. The third kappa shape index (κ3) is 1.79. The van der Waals surface area contributed by atoms with Crippen molar-refractivity contribution in [1.29, 1.82) is 0 Å². The van der Waals surface area contributed by atoms with Gasteiger partial charge >= 0.3 is 0 Å². The van der Waals surface area contributed by atoms with Crippen LogP contribution in [0.25, 0.3) is 0 Å². The van der Waals surface area contributed by atoms with Crippen molar-refractivity contribution in [2.75, 3.05) is 6.26 Å². The highest BCUT2D eigenvalue weighted by Gasteiger charge is 2.11. The Bertz CT molecular complexity index is 396. The van der Waals surface area contributed by atoms with Gasteiger partial charge in [-0.1, -0.05) is 17.7 Å². The van der Waals surface area contributed by atoms with Crippen LogP contribution >= 0.6 is 11.6 Å². The molecule has 0 saturated heterocycles. The van der Waals surface area contributed by atoms with E-state index in [9.17, 15) is 8.42 Å². The Morgan fingerprint density at radius 1 is 1.50 bits per heavy atom. The molecule has 1 radical (unpaired) electrons. The third-order valence-corrected chi connectivity index (χ3v) is 3.18. The largest absolute Gasteiger partial charge is 0.224 e. The van der Waals surface area contributed by atoms with E-state index in [-0.39, 0.29) is 4.90 Å². The van der Waals surface area contributed by atoms with Gasteiger partial charge in [-0.15, -0.1) is 0 Å². The molecule has 65 valence electrons. The Morgan fingerprint density at radius 3 is 2.50 bits per heavy atom. The maximum absolute atomic E-state index is 11.1. The van der Waals surface area contributed by atoms with Crippen molar-refractivity contribution in [2.45, 2.75) is 11.8 Å². The quantitative estimate of drug-likeness (QED) is 0.698. The molecule has 1 aromatic carbocycles. The molecular weight excluding hydrogens is 196 g/mol. The van der Waals surface area contributed by atoms with Crippen LogP contribution in [-0.4, -0.2) is 14.7 Å². The molecule has 0 amide bonds. The molecule has 4 heteroatoms. The zero-order valence-electron chi connectivity index (χ0n) is 6.76. The Morgan fingerprint density at radius 2 is 2.08 bits per heavy atom. The number of hydrogen-bond acceptors (Lipinski definition) is 2. The summed E-state index contributed by atoms with van der Waals surface area (Å²) in [6.45, 7) is 1.66. The van der Waals surface area contributed by atoms with Gasteiger partial charge in [0.15, 0.2) is 9.84 Å². The predicted octanol–water partition coefficient (Wildman–Crippen LogP) is 1.85. The second-order valence-corrected chi connectivity index (χ2v) is 4.92. The Hall–Kier alpha value is -0.540. The molecule has 0 aliphatic heterocycles. The fourth-order valence-corrected chi connectivity index (χ4v) is 2.13. The molecule has 0 N–H and O–H groups in total. The molecule has 0 bridgehead atoms. The maximum atomic E-state index is 11.1. The van der Waals surface area contributed by atoms with E-state index in [2.05, 4.69) is 6.07 Å². The zero-order chi connectivity index (χ0) is 9.35. The highest BCUT2D eigenvalue weighted by atomic mass is 35.5. The minimum absolute atomic E-state index is 0.270. The van der Waals surface area contributed by atoms with Gasteiger partial charge in [0.1, 0.15) is 0 Å². The van der Waals surface area contributed by atoms with E-state index >= 15 is 0 Å². The summed E-state index contributed by atoms with van der Waals surface area (Å²) in [5.74, 6) is 0. The number of sulfone groups is 1. The van der Waals surface area contributed by atoms with Gasteiger partial charge in [-0.25, -0.2) is 8.42 Å². The van der Waals surface area contributed by atoms with Gasteiger partial charge in [-0.2, -0.15) is 0 Å². The normalized spacial score (nSPS) is 11.6. The van der Waals surface area contributed by atoms with E-state index < -0.39 is 9.84 Å². The number of hydrogen-bond donors (Lipinski definition) is 0. The SMILES string of the molecule is Cc1c(Cl)[c]ccc1S(C)(=O)=O. The van der Waals surface area contributed by atoms with Gasteiger partial charge in [-0.05, 0) is 18.6 Å². The molecule has 1 aromatic rings. The van der Waals surface area contributed by atoms with Crippen molar-refractivity contribution in [3.05, 3.63) is 28.8 Å². The lowest BCUT2D eigenvalue weighted by Crippen LogP contribution is -1.99. The maximum Gasteiger partial charge on any atom is 0.175 e. The summed E-state index contributed by atoms with van der Waals surface area (Å²) < 4.78 is 22.3. The summed E-state index contributed by atoms with van der Waals surface area (Å²) in [4.78, 5) is 0.270. The van der Waals surface area contributed by atoms with Gasteiger partial charge in [0.2, 0.25) is 0 Å². The van der Waals surface area contributed by atoms with E-state index in [4.69, 9.17) is 11.6 Å². The van der Waals surface area contributed by atoms with Crippen molar-refractivity contribution in [1.82, 2.24) is 0 Å². The molecule has 0 heterocycles. The number of halogens is 1. The first-order valence-corrected chi connectivity index (χ1v) is 5.56. The van der Waals surface area contributed by atoms with Crippen LogP contribution in [0, 0.1) is 13.0 Å². The Kier molecular flexibility index (Phi) is 2.44. The molecule has 0 spiro atoms. The minimum atomic E-state index is -3.16. The number of benzene rings is 1. The first-order valence-electron chi connectivity index (χ1n) is 3.30. The molecule has 1 rings (SSSR count). The first kappa shape index (κ1) is 9.55. The lowest BCUT2D eigenvalue weighted by Gasteiger charge is -2.03. The monoisotopic (exact) mass is 203 g/mol. The minimum Gasteiger partial charge on any atom is -0.224 e. The fourth-order valence-electron chi connectivity index (χ4n) is 0.934. The van der Waals surface area contributed by atoms with Gasteiger partial charge < -0.3 is 0 Å². The molecule has 0 aliphatic rings. The van der Waals surface area contributed by atoms with Crippen molar-refractivity contribution >= 4 is 21.4 Å². The first-order chi connectivity index (χ1) is 5.43. The van der Waals surface area contributed by atoms with Crippen LogP contribution in [0.15, 0.2) is 17.0 Å². The summed E-state index contributed by atoms with van der Waals surface area (Å²) in [7, 11) is -3.16. The second kappa shape index (κ2) is 3.07. The lowest BCUT2D eigenvalue weighted by atomic mass is 10.2. The summed E-state index contributed by atoms with van der Waals surface area (Å²) in [5, 5.41) is 0.359. The Balaban J connectivity index is 3.47. The third-order valence-electron chi connectivity index (χ3n) is 1.54. The molecule has 12 heavy (non-hydrogen) atoms.